The Balaban J connectivity index is 1.97. The first-order valence-electron chi connectivity index (χ1n) is 6.56. The first-order chi connectivity index (χ1) is 8.22. The van der Waals surface area contributed by atoms with E-state index in [0.717, 1.165) is 51.0 Å². The summed E-state index contributed by atoms with van der Waals surface area (Å²) in [5.41, 5.74) is 0.0804. The average molecular weight is 238 g/mol. The molecule has 0 fully saturated rings. The number of aromatic nitrogens is 3. The van der Waals surface area contributed by atoms with Gasteiger partial charge in [-0.15, -0.1) is 0 Å². The van der Waals surface area contributed by atoms with Crippen LogP contribution in [-0.2, 0) is 19.5 Å². The number of fused-ring (bicyclic) bond motifs is 1. The van der Waals surface area contributed by atoms with Crippen molar-refractivity contribution in [2.24, 2.45) is 0 Å². The quantitative estimate of drug-likeness (QED) is 0.824. The van der Waals surface area contributed by atoms with Crippen molar-refractivity contribution in [3.05, 3.63) is 16.3 Å². The molecule has 0 amide bonds. The summed E-state index contributed by atoms with van der Waals surface area (Å²) >= 11 is 0. The van der Waals surface area contributed by atoms with E-state index in [0.29, 0.717) is 6.04 Å². The Hall–Kier alpha value is -1.10. The lowest BCUT2D eigenvalue weighted by molar-refractivity contribution is 0.476. The lowest BCUT2D eigenvalue weighted by Crippen LogP contribution is -2.27. The Kier molecular flexibility index (Phi) is 3.99. The smallest absolute Gasteiger partial charge is 0.317 e. The number of rotatable bonds is 5. The monoisotopic (exact) mass is 238 g/mol. The zero-order chi connectivity index (χ0) is 12.3. The van der Waals surface area contributed by atoms with Gasteiger partial charge in [-0.25, -0.2) is 9.48 Å². The minimum Gasteiger partial charge on any atom is -0.317 e. The van der Waals surface area contributed by atoms with Gasteiger partial charge in [-0.2, -0.15) is 5.10 Å². The summed E-state index contributed by atoms with van der Waals surface area (Å²) in [6, 6.07) is 0.503. The molecular formula is C12H22N4O. The highest BCUT2D eigenvalue weighted by Crippen LogP contribution is 2.09. The zero-order valence-electron chi connectivity index (χ0n) is 10.8. The molecule has 5 nitrogen and oxygen atoms in total. The van der Waals surface area contributed by atoms with Gasteiger partial charge >= 0.3 is 5.69 Å². The van der Waals surface area contributed by atoms with E-state index in [1.54, 1.807) is 4.68 Å². The molecule has 1 aliphatic rings. The molecular weight excluding hydrogens is 216 g/mol. The van der Waals surface area contributed by atoms with Crippen LogP contribution in [0.2, 0.25) is 0 Å². The molecule has 17 heavy (non-hydrogen) atoms. The van der Waals surface area contributed by atoms with Crippen LogP contribution in [0.4, 0.5) is 0 Å². The minimum atomic E-state index is 0.0804. The van der Waals surface area contributed by atoms with E-state index in [9.17, 15) is 4.79 Å². The second-order valence-corrected chi connectivity index (χ2v) is 4.86. The van der Waals surface area contributed by atoms with E-state index >= 15 is 0 Å². The maximum absolute atomic E-state index is 12.0. The second-order valence-electron chi connectivity index (χ2n) is 4.86. The van der Waals surface area contributed by atoms with Crippen LogP contribution in [0.1, 0.15) is 38.4 Å². The molecule has 1 aliphatic heterocycles. The van der Waals surface area contributed by atoms with E-state index in [1.807, 2.05) is 11.6 Å². The third kappa shape index (κ3) is 2.77. The van der Waals surface area contributed by atoms with Crippen molar-refractivity contribution in [1.29, 1.82) is 0 Å². The van der Waals surface area contributed by atoms with Crippen molar-refractivity contribution in [3.63, 3.8) is 0 Å². The summed E-state index contributed by atoms with van der Waals surface area (Å²) in [5, 5.41) is 7.62. The molecule has 0 radical (unpaired) electrons. The normalized spacial score (nSPS) is 16.8. The highest BCUT2D eigenvalue weighted by atomic mass is 16.2. The maximum atomic E-state index is 12.0. The van der Waals surface area contributed by atoms with Crippen LogP contribution >= 0.6 is 0 Å². The molecule has 1 unspecified atom stereocenters. The second kappa shape index (κ2) is 5.49. The lowest BCUT2D eigenvalue weighted by Gasteiger charge is -2.09. The van der Waals surface area contributed by atoms with Crippen LogP contribution in [0.25, 0.3) is 0 Å². The summed E-state index contributed by atoms with van der Waals surface area (Å²) in [5.74, 6) is 0.975. The number of aryl methyl sites for hydroxylation is 2. The number of nitrogens with zero attached hydrogens (tertiary/aromatic N) is 3. The van der Waals surface area contributed by atoms with E-state index in [2.05, 4.69) is 17.3 Å². The minimum absolute atomic E-state index is 0.0804. The summed E-state index contributed by atoms with van der Waals surface area (Å²) in [6.45, 7) is 3.74. The summed E-state index contributed by atoms with van der Waals surface area (Å²) < 4.78 is 3.48. The van der Waals surface area contributed by atoms with Crippen LogP contribution in [-0.4, -0.2) is 27.4 Å². The molecule has 1 atom stereocenters. The predicted molar refractivity (Wildman–Crippen MR) is 67.2 cm³/mol. The highest BCUT2D eigenvalue weighted by molar-refractivity contribution is 4.91. The lowest BCUT2D eigenvalue weighted by atomic mass is 10.2. The third-order valence-electron chi connectivity index (χ3n) is 3.53. The van der Waals surface area contributed by atoms with Crippen molar-refractivity contribution in [1.82, 2.24) is 19.7 Å². The van der Waals surface area contributed by atoms with E-state index < -0.39 is 0 Å². The fourth-order valence-electron chi connectivity index (χ4n) is 2.29. The summed E-state index contributed by atoms with van der Waals surface area (Å²) in [4.78, 5) is 12.0. The van der Waals surface area contributed by atoms with Crippen LogP contribution in [0.15, 0.2) is 4.79 Å². The van der Waals surface area contributed by atoms with Gasteiger partial charge in [0.05, 0.1) is 0 Å². The van der Waals surface area contributed by atoms with Crippen molar-refractivity contribution >= 4 is 0 Å². The van der Waals surface area contributed by atoms with Crippen molar-refractivity contribution in [2.75, 3.05) is 7.05 Å². The number of hydrogen-bond acceptors (Lipinski definition) is 3. The van der Waals surface area contributed by atoms with Gasteiger partial charge in [-0.05, 0) is 39.7 Å². The molecule has 1 aromatic heterocycles. The van der Waals surface area contributed by atoms with Gasteiger partial charge in [-0.1, -0.05) is 0 Å². The van der Waals surface area contributed by atoms with Gasteiger partial charge in [0.1, 0.15) is 5.82 Å². The standard InChI is InChI=1S/C12H22N4O/c1-10(13-2)6-5-9-16-12(17)15-8-4-3-7-11(15)14-16/h10,13H,3-9H2,1-2H3. The largest absolute Gasteiger partial charge is 0.345 e. The van der Waals surface area contributed by atoms with Crippen molar-refractivity contribution in [3.8, 4) is 0 Å². The van der Waals surface area contributed by atoms with E-state index in [4.69, 9.17) is 0 Å². The third-order valence-corrected chi connectivity index (χ3v) is 3.53. The molecule has 5 heteroatoms. The van der Waals surface area contributed by atoms with Gasteiger partial charge in [0.2, 0.25) is 0 Å². The molecule has 96 valence electrons. The molecule has 0 aliphatic carbocycles. The Morgan fingerprint density at radius 2 is 2.29 bits per heavy atom. The summed E-state index contributed by atoms with van der Waals surface area (Å²) in [6.07, 6.45) is 5.29. The molecule has 0 saturated carbocycles. The molecule has 1 N–H and O–H groups in total. The van der Waals surface area contributed by atoms with Crippen LogP contribution < -0.4 is 11.0 Å². The first-order valence-corrected chi connectivity index (χ1v) is 6.56. The molecule has 0 spiro atoms. The van der Waals surface area contributed by atoms with Crippen LogP contribution in [0, 0.1) is 0 Å². The SMILES string of the molecule is CNC(C)CCCn1nc2n(c1=O)CCCC2. The molecule has 2 heterocycles. The number of hydrogen-bond donors (Lipinski definition) is 1. The molecule has 0 aromatic carbocycles. The topological polar surface area (TPSA) is 51.9 Å². The van der Waals surface area contributed by atoms with E-state index in [-0.39, 0.29) is 5.69 Å². The van der Waals surface area contributed by atoms with Gasteiger partial charge < -0.3 is 5.32 Å². The fourth-order valence-corrected chi connectivity index (χ4v) is 2.29. The predicted octanol–water partition coefficient (Wildman–Crippen LogP) is 0.769. The van der Waals surface area contributed by atoms with Crippen molar-refractivity contribution < 1.29 is 0 Å². The zero-order valence-corrected chi connectivity index (χ0v) is 10.8. The molecule has 2 rings (SSSR count). The average Bonchev–Trinajstić information content (AvgIpc) is 2.67. The van der Waals surface area contributed by atoms with Crippen LogP contribution in [0.5, 0.6) is 0 Å². The van der Waals surface area contributed by atoms with Gasteiger partial charge in [0, 0.05) is 25.6 Å². The molecule has 0 bridgehead atoms. The Bertz CT molecular complexity index is 421. The Morgan fingerprint density at radius 1 is 1.47 bits per heavy atom. The Labute approximate surface area is 102 Å². The van der Waals surface area contributed by atoms with Crippen LogP contribution in [0.3, 0.4) is 0 Å². The van der Waals surface area contributed by atoms with Gasteiger partial charge in [-0.3, -0.25) is 4.57 Å². The first kappa shape index (κ1) is 12.4. The van der Waals surface area contributed by atoms with Gasteiger partial charge in [0.15, 0.2) is 0 Å². The van der Waals surface area contributed by atoms with E-state index in [1.165, 1.54) is 0 Å². The molecule has 1 aromatic rings. The molecule has 0 saturated heterocycles. The summed E-state index contributed by atoms with van der Waals surface area (Å²) in [7, 11) is 1.96. The Morgan fingerprint density at radius 3 is 3.00 bits per heavy atom. The fraction of sp³-hybridized carbons (Fsp3) is 0.833. The maximum Gasteiger partial charge on any atom is 0.345 e. The number of nitrogens with one attached hydrogen (secondary N) is 1. The van der Waals surface area contributed by atoms with Gasteiger partial charge in [0.25, 0.3) is 0 Å². The highest BCUT2D eigenvalue weighted by Gasteiger charge is 2.16. The van der Waals surface area contributed by atoms with Crippen molar-refractivity contribution in [2.45, 2.75) is 58.2 Å².